The molecular weight excluding hydrogens is 516 g/mol. The van der Waals surface area contributed by atoms with Gasteiger partial charge in [-0.3, -0.25) is 10.2 Å². The summed E-state index contributed by atoms with van der Waals surface area (Å²) in [5.74, 6) is 0. The number of hydrogen-bond donors (Lipinski definition) is 2. The molecule has 6 nitrogen and oxygen atoms in total. The fourth-order valence-corrected chi connectivity index (χ4v) is 4.78. The molecule has 2 N–H and O–H groups in total. The van der Waals surface area contributed by atoms with Gasteiger partial charge in [0.25, 0.3) is 0 Å². The van der Waals surface area contributed by atoms with Crippen LogP contribution < -0.4 is 0 Å². The van der Waals surface area contributed by atoms with Gasteiger partial charge in [-0.1, -0.05) is 120 Å². The molecule has 0 atom stereocenters. The van der Waals surface area contributed by atoms with Gasteiger partial charge in [0.1, 0.15) is 0 Å². The molecule has 206 valence electrons. The second-order valence-corrected chi connectivity index (χ2v) is 10.5. The molecule has 0 saturated heterocycles. The third kappa shape index (κ3) is 6.50. The molecule has 0 amide bonds. The van der Waals surface area contributed by atoms with Crippen LogP contribution in [0.5, 0.6) is 0 Å². The van der Waals surface area contributed by atoms with E-state index in [4.69, 9.17) is 10.2 Å². The second-order valence-electron chi connectivity index (χ2n) is 10.5. The first kappa shape index (κ1) is 26.8. The van der Waals surface area contributed by atoms with E-state index in [0.717, 1.165) is 56.5 Å². The van der Waals surface area contributed by atoms with E-state index in [1.165, 1.54) is 11.1 Å². The molecule has 4 aromatic carbocycles. The lowest BCUT2D eigenvalue weighted by molar-refractivity contribution is 1.01. The summed E-state index contributed by atoms with van der Waals surface area (Å²) < 4.78 is 0. The van der Waals surface area contributed by atoms with Crippen LogP contribution in [0.1, 0.15) is 33.6 Å². The lowest BCUT2D eigenvalue weighted by atomic mass is 10.0. The SMILES string of the molecule is Cc1ccc(-c2cc(C/C(=N/N=C(/Cc3cc(-c4ccc(C)cc4)n[nH]3)c3ccccc3)c3ccccc3)[nH]n2)cc1. The molecule has 0 bridgehead atoms. The molecule has 6 aromatic rings. The van der Waals surface area contributed by atoms with Gasteiger partial charge >= 0.3 is 0 Å². The van der Waals surface area contributed by atoms with Gasteiger partial charge in [0.2, 0.25) is 0 Å². The predicted molar refractivity (Wildman–Crippen MR) is 171 cm³/mol. The Morgan fingerprint density at radius 3 is 1.29 bits per heavy atom. The average molecular weight is 549 g/mol. The summed E-state index contributed by atoms with van der Waals surface area (Å²) in [6, 6.07) is 41.3. The molecule has 0 radical (unpaired) electrons. The molecule has 0 spiro atoms. The molecule has 2 aromatic heterocycles. The van der Waals surface area contributed by atoms with E-state index in [-0.39, 0.29) is 0 Å². The average Bonchev–Trinajstić information content (AvgIpc) is 3.70. The Kier molecular flexibility index (Phi) is 7.95. The molecule has 2 heterocycles. The number of rotatable bonds is 9. The molecular formula is C36H32N6. The number of nitrogens with one attached hydrogen (secondary N) is 2. The fourth-order valence-electron chi connectivity index (χ4n) is 4.78. The van der Waals surface area contributed by atoms with Crippen molar-refractivity contribution in [1.29, 1.82) is 0 Å². The number of aryl methyl sites for hydroxylation is 2. The van der Waals surface area contributed by atoms with Crippen molar-refractivity contribution < 1.29 is 0 Å². The van der Waals surface area contributed by atoms with Gasteiger partial charge in [-0.05, 0) is 37.1 Å². The summed E-state index contributed by atoms with van der Waals surface area (Å²) in [6.45, 7) is 4.17. The minimum atomic E-state index is 0.566. The smallest absolute Gasteiger partial charge is 0.0923 e. The maximum atomic E-state index is 4.85. The Balaban J connectivity index is 1.32. The monoisotopic (exact) mass is 548 g/mol. The van der Waals surface area contributed by atoms with Crippen LogP contribution in [0.15, 0.2) is 132 Å². The molecule has 6 rings (SSSR count). The highest BCUT2D eigenvalue weighted by Gasteiger charge is 2.12. The first-order valence-electron chi connectivity index (χ1n) is 14.1. The first-order chi connectivity index (χ1) is 20.6. The van der Waals surface area contributed by atoms with Crippen LogP contribution in [-0.2, 0) is 12.8 Å². The summed E-state index contributed by atoms with van der Waals surface area (Å²) in [7, 11) is 0. The first-order valence-corrected chi connectivity index (χ1v) is 14.1. The van der Waals surface area contributed by atoms with Crippen molar-refractivity contribution in [1.82, 2.24) is 20.4 Å². The van der Waals surface area contributed by atoms with Crippen molar-refractivity contribution in [2.24, 2.45) is 10.2 Å². The van der Waals surface area contributed by atoms with E-state index in [9.17, 15) is 0 Å². The predicted octanol–water partition coefficient (Wildman–Crippen LogP) is 7.76. The zero-order valence-corrected chi connectivity index (χ0v) is 23.8. The highest BCUT2D eigenvalue weighted by Crippen LogP contribution is 2.21. The Morgan fingerprint density at radius 1 is 0.524 bits per heavy atom. The Bertz CT molecular complexity index is 1670. The highest BCUT2D eigenvalue weighted by atomic mass is 15.2. The molecule has 42 heavy (non-hydrogen) atoms. The number of nitrogens with zero attached hydrogens (tertiary/aromatic N) is 4. The van der Waals surface area contributed by atoms with E-state index in [1.807, 2.05) is 36.4 Å². The van der Waals surface area contributed by atoms with Crippen molar-refractivity contribution in [3.8, 4) is 22.5 Å². The van der Waals surface area contributed by atoms with Crippen LogP contribution in [0.25, 0.3) is 22.5 Å². The molecule has 0 fully saturated rings. The van der Waals surface area contributed by atoms with Gasteiger partial charge < -0.3 is 0 Å². The van der Waals surface area contributed by atoms with E-state index in [0.29, 0.717) is 12.8 Å². The van der Waals surface area contributed by atoms with Crippen molar-refractivity contribution >= 4 is 11.4 Å². The van der Waals surface area contributed by atoms with Gasteiger partial charge in [0, 0.05) is 35.4 Å². The number of aromatic nitrogens is 4. The van der Waals surface area contributed by atoms with Gasteiger partial charge in [0.15, 0.2) is 0 Å². The third-order valence-electron chi connectivity index (χ3n) is 7.18. The Labute approximate surface area is 245 Å². The van der Waals surface area contributed by atoms with Crippen LogP contribution in [0, 0.1) is 13.8 Å². The number of benzene rings is 4. The minimum Gasteiger partial charge on any atom is -0.282 e. The Hall–Kier alpha value is -5.36. The van der Waals surface area contributed by atoms with E-state index in [1.54, 1.807) is 0 Å². The van der Waals surface area contributed by atoms with Crippen LogP contribution in [0.2, 0.25) is 0 Å². The van der Waals surface area contributed by atoms with Crippen LogP contribution in [0.3, 0.4) is 0 Å². The summed E-state index contributed by atoms with van der Waals surface area (Å²) in [6.07, 6.45) is 1.13. The van der Waals surface area contributed by atoms with Crippen LogP contribution >= 0.6 is 0 Å². The van der Waals surface area contributed by atoms with Crippen LogP contribution in [-0.4, -0.2) is 31.8 Å². The molecule has 0 aliphatic carbocycles. The molecule has 0 aliphatic rings. The quantitative estimate of drug-likeness (QED) is 0.143. The standard InChI is InChI=1S/C36H32N6/c1-25-13-17-29(18-14-25)35-23-31(37-39-35)21-33(27-9-5-3-6-10-27)41-42-34(28-11-7-4-8-12-28)22-32-24-36(40-38-32)30-19-15-26(2)16-20-30/h3-20,23-24H,21-22H2,1-2H3,(H,37,39)(H,38,40)/b41-33-,42-34-. The normalized spacial score (nSPS) is 12.0. The van der Waals surface area contributed by atoms with Crippen molar-refractivity contribution in [3.63, 3.8) is 0 Å². The van der Waals surface area contributed by atoms with Gasteiger partial charge in [-0.2, -0.15) is 20.4 Å². The summed E-state index contributed by atoms with van der Waals surface area (Å²) in [5, 5.41) is 25.3. The lowest BCUT2D eigenvalue weighted by Crippen LogP contribution is -2.09. The van der Waals surface area contributed by atoms with Gasteiger partial charge in [0.05, 0.1) is 22.8 Å². The Morgan fingerprint density at radius 2 is 0.905 bits per heavy atom. The van der Waals surface area contributed by atoms with Gasteiger partial charge in [-0.15, -0.1) is 0 Å². The fraction of sp³-hybridized carbons (Fsp3) is 0.111. The molecule has 0 unspecified atom stereocenters. The van der Waals surface area contributed by atoms with Crippen molar-refractivity contribution in [2.45, 2.75) is 26.7 Å². The zero-order valence-electron chi connectivity index (χ0n) is 23.8. The summed E-state index contributed by atoms with van der Waals surface area (Å²) in [5.41, 5.74) is 12.1. The minimum absolute atomic E-state index is 0.566. The van der Waals surface area contributed by atoms with Crippen LogP contribution in [0.4, 0.5) is 0 Å². The zero-order chi connectivity index (χ0) is 28.7. The third-order valence-corrected chi connectivity index (χ3v) is 7.18. The summed E-state index contributed by atoms with van der Waals surface area (Å²) >= 11 is 0. The summed E-state index contributed by atoms with van der Waals surface area (Å²) in [4.78, 5) is 0. The van der Waals surface area contributed by atoms with E-state index >= 15 is 0 Å². The topological polar surface area (TPSA) is 82.1 Å². The number of hydrogen-bond acceptors (Lipinski definition) is 4. The van der Waals surface area contributed by atoms with Crippen molar-refractivity contribution in [2.75, 3.05) is 0 Å². The largest absolute Gasteiger partial charge is 0.282 e. The maximum absolute atomic E-state index is 4.85. The maximum Gasteiger partial charge on any atom is 0.0923 e. The lowest BCUT2D eigenvalue weighted by Gasteiger charge is -2.07. The van der Waals surface area contributed by atoms with E-state index < -0.39 is 0 Å². The van der Waals surface area contributed by atoms with Gasteiger partial charge in [-0.25, -0.2) is 0 Å². The molecule has 6 heteroatoms. The number of aromatic amines is 2. The van der Waals surface area contributed by atoms with Crippen molar-refractivity contribution in [3.05, 3.63) is 155 Å². The molecule has 0 saturated carbocycles. The second kappa shape index (κ2) is 12.4. The molecule has 0 aliphatic heterocycles. The highest BCUT2D eigenvalue weighted by molar-refractivity contribution is 6.04. The van der Waals surface area contributed by atoms with E-state index in [2.05, 4.69) is 119 Å². The number of H-pyrrole nitrogens is 2.